The van der Waals surface area contributed by atoms with Crippen molar-refractivity contribution in [2.75, 3.05) is 13.1 Å². The molecule has 0 aliphatic carbocycles. The smallest absolute Gasteiger partial charge is 0.228 e. The summed E-state index contributed by atoms with van der Waals surface area (Å²) in [6.07, 6.45) is 1.66. The van der Waals surface area contributed by atoms with E-state index in [1.165, 1.54) is 5.56 Å². The van der Waals surface area contributed by atoms with Gasteiger partial charge in [-0.15, -0.1) is 0 Å². The number of benzene rings is 1. The van der Waals surface area contributed by atoms with Crippen LogP contribution in [0.5, 0.6) is 0 Å². The molecule has 116 valence electrons. The van der Waals surface area contributed by atoms with Gasteiger partial charge < -0.3 is 10.6 Å². The van der Waals surface area contributed by atoms with Crippen molar-refractivity contribution in [2.24, 2.45) is 16.6 Å². The van der Waals surface area contributed by atoms with Crippen LogP contribution in [0.2, 0.25) is 0 Å². The van der Waals surface area contributed by atoms with Crippen molar-refractivity contribution in [2.45, 2.75) is 46.6 Å². The van der Waals surface area contributed by atoms with E-state index in [4.69, 9.17) is 5.73 Å². The Morgan fingerprint density at radius 3 is 2.52 bits per heavy atom. The van der Waals surface area contributed by atoms with Crippen molar-refractivity contribution in [1.29, 1.82) is 0 Å². The molecule has 1 saturated heterocycles. The van der Waals surface area contributed by atoms with Crippen molar-refractivity contribution < 1.29 is 4.79 Å². The summed E-state index contributed by atoms with van der Waals surface area (Å²) >= 11 is 0. The van der Waals surface area contributed by atoms with Crippen LogP contribution in [0.4, 0.5) is 0 Å². The molecule has 1 fully saturated rings. The maximum atomic E-state index is 12.9. The van der Waals surface area contributed by atoms with Crippen LogP contribution >= 0.6 is 0 Å². The molecule has 1 amide bonds. The van der Waals surface area contributed by atoms with Gasteiger partial charge in [0.25, 0.3) is 0 Å². The van der Waals surface area contributed by atoms with Gasteiger partial charge in [0.05, 0.1) is 0 Å². The number of piperidine rings is 1. The molecule has 2 N–H and O–H groups in total. The Morgan fingerprint density at radius 1 is 1.33 bits per heavy atom. The minimum Gasteiger partial charge on any atom is -0.342 e. The van der Waals surface area contributed by atoms with E-state index in [1.807, 2.05) is 36.9 Å². The summed E-state index contributed by atoms with van der Waals surface area (Å²) in [4.78, 5) is 14.9. The molecular weight excluding hydrogens is 260 g/mol. The second kappa shape index (κ2) is 5.80. The molecule has 0 bridgehead atoms. The molecule has 1 aliphatic heterocycles. The second-order valence-electron chi connectivity index (χ2n) is 7.66. The van der Waals surface area contributed by atoms with Crippen molar-refractivity contribution >= 4 is 5.91 Å². The molecule has 0 radical (unpaired) electrons. The molecule has 1 atom stereocenters. The average Bonchev–Trinajstić information content (AvgIpc) is 2.41. The molecule has 3 nitrogen and oxygen atoms in total. The Balaban J connectivity index is 2.08. The van der Waals surface area contributed by atoms with E-state index in [0.717, 1.165) is 25.9 Å². The summed E-state index contributed by atoms with van der Waals surface area (Å²) in [6.45, 7) is 9.93. The van der Waals surface area contributed by atoms with E-state index in [1.54, 1.807) is 0 Å². The van der Waals surface area contributed by atoms with E-state index in [9.17, 15) is 4.79 Å². The highest BCUT2D eigenvalue weighted by Gasteiger charge is 2.39. The molecule has 1 unspecified atom stereocenters. The third kappa shape index (κ3) is 3.65. The Labute approximate surface area is 128 Å². The number of amides is 1. The first kappa shape index (κ1) is 16.0. The molecule has 0 aromatic heterocycles. The van der Waals surface area contributed by atoms with Gasteiger partial charge in [-0.3, -0.25) is 4.79 Å². The van der Waals surface area contributed by atoms with E-state index in [2.05, 4.69) is 26.0 Å². The fourth-order valence-corrected chi connectivity index (χ4v) is 3.16. The molecule has 21 heavy (non-hydrogen) atoms. The first-order valence-corrected chi connectivity index (χ1v) is 7.81. The predicted octanol–water partition coefficient (Wildman–Crippen LogP) is 2.84. The first-order valence-electron chi connectivity index (χ1n) is 7.81. The quantitative estimate of drug-likeness (QED) is 0.929. The number of likely N-dealkylation sites (tertiary alicyclic amines) is 1. The lowest BCUT2D eigenvalue weighted by atomic mass is 9.77. The summed E-state index contributed by atoms with van der Waals surface area (Å²) in [7, 11) is 0. The summed E-state index contributed by atoms with van der Waals surface area (Å²) < 4.78 is 0. The molecule has 0 spiro atoms. The highest BCUT2D eigenvalue weighted by molar-refractivity contribution is 5.82. The topological polar surface area (TPSA) is 46.3 Å². The molecule has 1 aromatic rings. The minimum absolute atomic E-state index is 0.00324. The van der Waals surface area contributed by atoms with Gasteiger partial charge in [-0.2, -0.15) is 0 Å². The van der Waals surface area contributed by atoms with Crippen LogP contribution in [0.3, 0.4) is 0 Å². The van der Waals surface area contributed by atoms with E-state index < -0.39 is 0 Å². The Morgan fingerprint density at radius 2 is 1.95 bits per heavy atom. The SMILES string of the molecule is CC(C)(Cc1ccccc1)C(=O)N1CCC(N)C(C)(C)C1. The number of carbonyl (C=O) groups is 1. The van der Waals surface area contributed by atoms with Crippen LogP contribution < -0.4 is 5.73 Å². The molecular formula is C18H28N2O. The summed E-state index contributed by atoms with van der Waals surface area (Å²) in [5.74, 6) is 0.242. The summed E-state index contributed by atoms with van der Waals surface area (Å²) in [6, 6.07) is 10.4. The van der Waals surface area contributed by atoms with E-state index in [-0.39, 0.29) is 22.8 Å². The van der Waals surface area contributed by atoms with Crippen LogP contribution in [0.1, 0.15) is 39.7 Å². The first-order chi connectivity index (χ1) is 9.72. The maximum Gasteiger partial charge on any atom is 0.228 e. The zero-order valence-corrected chi connectivity index (χ0v) is 13.7. The predicted molar refractivity (Wildman–Crippen MR) is 86.9 cm³/mol. The largest absolute Gasteiger partial charge is 0.342 e. The van der Waals surface area contributed by atoms with Crippen molar-refractivity contribution in [3.8, 4) is 0 Å². The number of rotatable bonds is 3. The van der Waals surface area contributed by atoms with Crippen LogP contribution in [0.25, 0.3) is 0 Å². The minimum atomic E-state index is -0.376. The Hall–Kier alpha value is -1.35. The summed E-state index contributed by atoms with van der Waals surface area (Å²) in [5, 5.41) is 0. The van der Waals surface area contributed by atoms with Crippen LogP contribution in [0, 0.1) is 10.8 Å². The van der Waals surface area contributed by atoms with Gasteiger partial charge in [-0.25, -0.2) is 0 Å². The molecule has 3 heteroatoms. The number of nitrogens with two attached hydrogens (primary N) is 1. The van der Waals surface area contributed by atoms with Gasteiger partial charge in [0.15, 0.2) is 0 Å². The Kier molecular flexibility index (Phi) is 4.43. The number of hydrogen-bond acceptors (Lipinski definition) is 2. The average molecular weight is 288 g/mol. The highest BCUT2D eigenvalue weighted by atomic mass is 16.2. The fraction of sp³-hybridized carbons (Fsp3) is 0.611. The van der Waals surface area contributed by atoms with Crippen LogP contribution in [0.15, 0.2) is 30.3 Å². The van der Waals surface area contributed by atoms with E-state index in [0.29, 0.717) is 0 Å². The monoisotopic (exact) mass is 288 g/mol. The third-order valence-electron chi connectivity index (χ3n) is 4.67. The maximum absolute atomic E-state index is 12.9. The Bertz CT molecular complexity index is 493. The number of carbonyl (C=O) groups excluding carboxylic acids is 1. The van der Waals surface area contributed by atoms with Crippen molar-refractivity contribution in [3.05, 3.63) is 35.9 Å². The fourth-order valence-electron chi connectivity index (χ4n) is 3.16. The number of nitrogens with zero attached hydrogens (tertiary/aromatic N) is 1. The van der Waals surface area contributed by atoms with Crippen molar-refractivity contribution in [3.63, 3.8) is 0 Å². The van der Waals surface area contributed by atoms with Crippen LogP contribution in [-0.2, 0) is 11.2 Å². The van der Waals surface area contributed by atoms with Gasteiger partial charge in [0, 0.05) is 24.5 Å². The van der Waals surface area contributed by atoms with Gasteiger partial charge in [0.1, 0.15) is 0 Å². The third-order valence-corrected chi connectivity index (χ3v) is 4.67. The standard InChI is InChI=1S/C18H28N2O/c1-17(2,12-14-8-6-5-7-9-14)16(21)20-11-10-15(19)18(3,4)13-20/h5-9,15H,10-13,19H2,1-4H3. The lowest BCUT2D eigenvalue weighted by molar-refractivity contribution is -0.143. The molecule has 1 aromatic carbocycles. The normalized spacial score (nSPS) is 22.1. The highest BCUT2D eigenvalue weighted by Crippen LogP contribution is 2.32. The lowest BCUT2D eigenvalue weighted by Crippen LogP contribution is -2.56. The van der Waals surface area contributed by atoms with E-state index >= 15 is 0 Å². The van der Waals surface area contributed by atoms with Gasteiger partial charge in [0.2, 0.25) is 5.91 Å². The van der Waals surface area contributed by atoms with Crippen molar-refractivity contribution in [1.82, 2.24) is 4.90 Å². The summed E-state index contributed by atoms with van der Waals surface area (Å²) in [5.41, 5.74) is 7.00. The second-order valence-corrected chi connectivity index (χ2v) is 7.66. The zero-order chi connectivity index (χ0) is 15.7. The molecule has 2 rings (SSSR count). The van der Waals surface area contributed by atoms with Crippen LogP contribution in [-0.4, -0.2) is 29.9 Å². The lowest BCUT2D eigenvalue weighted by Gasteiger charge is -2.45. The molecule has 1 heterocycles. The van der Waals surface area contributed by atoms with Gasteiger partial charge in [-0.05, 0) is 23.8 Å². The molecule has 1 aliphatic rings. The molecule has 0 saturated carbocycles. The zero-order valence-electron chi connectivity index (χ0n) is 13.7. The van der Waals surface area contributed by atoms with Gasteiger partial charge >= 0.3 is 0 Å². The number of hydrogen-bond donors (Lipinski definition) is 1. The van der Waals surface area contributed by atoms with Gasteiger partial charge in [-0.1, -0.05) is 58.0 Å².